The number of hydrogen-bond acceptors (Lipinski definition) is 3. The van der Waals surface area contributed by atoms with E-state index in [9.17, 15) is 9.59 Å². The van der Waals surface area contributed by atoms with Crippen molar-refractivity contribution in [1.82, 2.24) is 0 Å². The van der Waals surface area contributed by atoms with E-state index in [2.05, 4.69) is 6.92 Å². The van der Waals surface area contributed by atoms with Gasteiger partial charge in [0.25, 0.3) is 0 Å². The second-order valence-electron chi connectivity index (χ2n) is 9.54. The maximum Gasteiger partial charge on any atom is 0.305 e. The van der Waals surface area contributed by atoms with Gasteiger partial charge in [0.05, 0.1) is 6.61 Å². The molecule has 32 heavy (non-hydrogen) atoms. The van der Waals surface area contributed by atoms with E-state index in [1.54, 1.807) is 0 Å². The van der Waals surface area contributed by atoms with Crippen molar-refractivity contribution in [3.63, 3.8) is 0 Å². The Hall–Kier alpha value is -1.06. The molecule has 0 saturated carbocycles. The summed E-state index contributed by atoms with van der Waals surface area (Å²) in [6, 6.07) is 0. The van der Waals surface area contributed by atoms with Crippen LogP contribution in [0.1, 0.15) is 161 Å². The molecule has 0 heterocycles. The number of rotatable bonds is 26. The Morgan fingerprint density at radius 2 is 0.844 bits per heavy atom. The van der Waals surface area contributed by atoms with Crippen molar-refractivity contribution in [2.24, 2.45) is 0 Å². The molecule has 0 aliphatic rings. The molecule has 0 aromatic carbocycles. The summed E-state index contributed by atoms with van der Waals surface area (Å²) >= 11 is 0. The van der Waals surface area contributed by atoms with Crippen molar-refractivity contribution in [2.75, 3.05) is 6.61 Å². The van der Waals surface area contributed by atoms with E-state index in [0.717, 1.165) is 44.9 Å². The quantitative estimate of drug-likeness (QED) is 0.105. The van der Waals surface area contributed by atoms with Gasteiger partial charge in [-0.3, -0.25) is 9.59 Å². The van der Waals surface area contributed by atoms with Crippen molar-refractivity contribution in [2.45, 2.75) is 161 Å². The topological polar surface area (TPSA) is 63.6 Å². The molecular weight excluding hydrogens is 400 g/mol. The van der Waals surface area contributed by atoms with Crippen LogP contribution in [0.3, 0.4) is 0 Å². The van der Waals surface area contributed by atoms with E-state index in [0.29, 0.717) is 19.4 Å². The third-order valence-electron chi connectivity index (χ3n) is 6.28. The fourth-order valence-corrected chi connectivity index (χ4v) is 4.16. The highest BCUT2D eigenvalue weighted by Gasteiger charge is 2.03. The first-order valence-corrected chi connectivity index (χ1v) is 14.0. The minimum absolute atomic E-state index is 0.0339. The predicted molar refractivity (Wildman–Crippen MR) is 135 cm³/mol. The van der Waals surface area contributed by atoms with Crippen LogP contribution in [0.4, 0.5) is 0 Å². The molecule has 0 radical (unpaired) electrons. The minimum atomic E-state index is -0.693. The first-order chi connectivity index (χ1) is 15.7. The fraction of sp³-hybridized carbons (Fsp3) is 0.929. The van der Waals surface area contributed by atoms with Gasteiger partial charge in [-0.15, -0.1) is 0 Å². The largest absolute Gasteiger partial charge is 0.481 e. The van der Waals surface area contributed by atoms with E-state index < -0.39 is 5.97 Å². The number of carboxylic acids is 1. The Balaban J connectivity index is 3.15. The summed E-state index contributed by atoms with van der Waals surface area (Å²) in [5, 5.41) is 8.59. The molecule has 0 aromatic rings. The Morgan fingerprint density at radius 3 is 1.25 bits per heavy atom. The number of ether oxygens (including phenoxy) is 1. The summed E-state index contributed by atoms with van der Waals surface area (Å²) < 4.78 is 5.35. The van der Waals surface area contributed by atoms with Crippen LogP contribution >= 0.6 is 0 Å². The molecule has 0 bridgehead atoms. The van der Waals surface area contributed by atoms with Gasteiger partial charge in [-0.2, -0.15) is 0 Å². The van der Waals surface area contributed by atoms with Gasteiger partial charge in [-0.25, -0.2) is 0 Å². The highest BCUT2D eigenvalue weighted by Crippen LogP contribution is 2.13. The van der Waals surface area contributed by atoms with Gasteiger partial charge in [0.2, 0.25) is 0 Å². The van der Waals surface area contributed by atoms with E-state index in [4.69, 9.17) is 9.84 Å². The molecule has 0 fully saturated rings. The second kappa shape index (κ2) is 26.2. The van der Waals surface area contributed by atoms with Crippen molar-refractivity contribution in [3.05, 3.63) is 0 Å². The molecule has 0 amide bonds. The summed E-state index contributed by atoms with van der Waals surface area (Å²) in [5.74, 6) is -0.727. The van der Waals surface area contributed by atoms with Crippen LogP contribution in [0.5, 0.6) is 0 Å². The number of carbonyl (C=O) groups excluding carboxylic acids is 1. The standard InChI is InChI=1S/C28H54O4/c1-2-3-4-5-6-7-8-9-10-11-14-17-20-23-26-32-28(31)25-22-19-16-13-12-15-18-21-24-27(29)30/h2-26H2,1H3,(H,29,30). The van der Waals surface area contributed by atoms with Gasteiger partial charge in [-0.05, 0) is 19.3 Å². The van der Waals surface area contributed by atoms with E-state index in [1.165, 1.54) is 96.3 Å². The Labute approximate surface area is 199 Å². The molecule has 0 rings (SSSR count). The molecule has 4 heteroatoms. The van der Waals surface area contributed by atoms with Gasteiger partial charge in [0, 0.05) is 12.8 Å². The Bertz CT molecular complexity index is 408. The Kier molecular flexibility index (Phi) is 25.3. The zero-order valence-electron chi connectivity index (χ0n) is 21.3. The average Bonchev–Trinajstić information content (AvgIpc) is 2.77. The van der Waals surface area contributed by atoms with Crippen LogP contribution in [0.25, 0.3) is 0 Å². The third-order valence-corrected chi connectivity index (χ3v) is 6.28. The normalized spacial score (nSPS) is 11.0. The number of hydrogen-bond donors (Lipinski definition) is 1. The summed E-state index contributed by atoms with van der Waals surface area (Å²) in [5.41, 5.74) is 0. The zero-order valence-corrected chi connectivity index (χ0v) is 21.3. The van der Waals surface area contributed by atoms with Gasteiger partial charge >= 0.3 is 11.9 Å². The second-order valence-corrected chi connectivity index (χ2v) is 9.54. The predicted octanol–water partition coefficient (Wildman–Crippen LogP) is 9.00. The van der Waals surface area contributed by atoms with Crippen molar-refractivity contribution in [3.8, 4) is 0 Å². The molecule has 0 aliphatic heterocycles. The lowest BCUT2D eigenvalue weighted by Crippen LogP contribution is -2.05. The monoisotopic (exact) mass is 454 g/mol. The molecular formula is C28H54O4. The lowest BCUT2D eigenvalue weighted by Gasteiger charge is -2.06. The van der Waals surface area contributed by atoms with Crippen molar-refractivity contribution in [1.29, 1.82) is 0 Å². The highest BCUT2D eigenvalue weighted by molar-refractivity contribution is 5.69. The van der Waals surface area contributed by atoms with Crippen molar-refractivity contribution >= 4 is 11.9 Å². The maximum absolute atomic E-state index is 11.8. The van der Waals surface area contributed by atoms with Crippen LogP contribution in [0.2, 0.25) is 0 Å². The van der Waals surface area contributed by atoms with Crippen molar-refractivity contribution < 1.29 is 19.4 Å². The SMILES string of the molecule is CCCCCCCCCCCCCCCCOC(=O)CCCCCCCCCCC(=O)O. The fourth-order valence-electron chi connectivity index (χ4n) is 4.16. The van der Waals surface area contributed by atoms with E-state index >= 15 is 0 Å². The third kappa shape index (κ3) is 27.0. The van der Waals surface area contributed by atoms with E-state index in [-0.39, 0.29) is 5.97 Å². The summed E-state index contributed by atoms with van der Waals surface area (Å²) in [6.07, 6.45) is 28.1. The first-order valence-electron chi connectivity index (χ1n) is 14.0. The number of esters is 1. The minimum Gasteiger partial charge on any atom is -0.481 e. The molecule has 1 N–H and O–H groups in total. The Morgan fingerprint density at radius 1 is 0.500 bits per heavy atom. The lowest BCUT2D eigenvalue weighted by atomic mass is 10.0. The molecule has 0 saturated heterocycles. The van der Waals surface area contributed by atoms with Crippen LogP contribution in [-0.4, -0.2) is 23.7 Å². The van der Waals surface area contributed by atoms with Crippen LogP contribution in [0.15, 0.2) is 0 Å². The molecule has 4 nitrogen and oxygen atoms in total. The molecule has 0 atom stereocenters. The van der Waals surface area contributed by atoms with Gasteiger partial charge in [0.1, 0.15) is 0 Å². The lowest BCUT2D eigenvalue weighted by molar-refractivity contribution is -0.144. The first kappa shape index (κ1) is 30.9. The smallest absolute Gasteiger partial charge is 0.305 e. The number of unbranched alkanes of at least 4 members (excludes halogenated alkanes) is 20. The number of carboxylic acid groups (broad SMARTS) is 1. The van der Waals surface area contributed by atoms with Crippen LogP contribution < -0.4 is 0 Å². The summed E-state index contributed by atoms with van der Waals surface area (Å²) in [4.78, 5) is 22.2. The average molecular weight is 455 g/mol. The maximum atomic E-state index is 11.8. The van der Waals surface area contributed by atoms with E-state index in [1.807, 2.05) is 0 Å². The molecule has 190 valence electrons. The van der Waals surface area contributed by atoms with Gasteiger partial charge in [0.15, 0.2) is 0 Å². The summed E-state index contributed by atoms with van der Waals surface area (Å²) in [7, 11) is 0. The van der Waals surface area contributed by atoms with Gasteiger partial charge in [-0.1, -0.05) is 129 Å². The molecule has 0 spiro atoms. The number of carbonyl (C=O) groups is 2. The highest BCUT2D eigenvalue weighted by atomic mass is 16.5. The summed E-state index contributed by atoms with van der Waals surface area (Å²) in [6.45, 7) is 2.86. The molecule has 0 aliphatic carbocycles. The molecule has 0 aromatic heterocycles. The van der Waals surface area contributed by atoms with Crippen LogP contribution in [0, 0.1) is 0 Å². The number of aliphatic carboxylic acids is 1. The van der Waals surface area contributed by atoms with Gasteiger partial charge < -0.3 is 9.84 Å². The molecule has 0 unspecified atom stereocenters. The van der Waals surface area contributed by atoms with Crippen LogP contribution in [-0.2, 0) is 14.3 Å². The zero-order chi connectivity index (χ0) is 23.5.